The van der Waals surface area contributed by atoms with Gasteiger partial charge in [-0.15, -0.1) is 0 Å². The molecule has 0 spiro atoms. The summed E-state index contributed by atoms with van der Waals surface area (Å²) >= 11 is 0. The summed E-state index contributed by atoms with van der Waals surface area (Å²) in [6, 6.07) is 0.187. The second-order valence-corrected chi connectivity index (χ2v) is 6.12. The van der Waals surface area contributed by atoms with Gasteiger partial charge < -0.3 is 11.1 Å². The highest BCUT2D eigenvalue weighted by Gasteiger charge is 2.29. The molecule has 0 bridgehead atoms. The molecular formula is C15H24F3N5O. The smallest absolute Gasteiger partial charge is 0.354 e. The molecule has 1 amide bonds. The van der Waals surface area contributed by atoms with Crippen LogP contribution in [-0.4, -0.2) is 52.4 Å². The molecule has 1 fully saturated rings. The van der Waals surface area contributed by atoms with E-state index in [2.05, 4.69) is 15.3 Å². The molecule has 2 heterocycles. The summed E-state index contributed by atoms with van der Waals surface area (Å²) in [5.74, 6) is -0.0685. The van der Waals surface area contributed by atoms with Crippen molar-refractivity contribution in [2.75, 3.05) is 19.6 Å². The first kappa shape index (κ1) is 18.7. The molecule has 0 saturated carbocycles. The van der Waals surface area contributed by atoms with Crippen LogP contribution in [0.5, 0.6) is 0 Å². The van der Waals surface area contributed by atoms with E-state index in [4.69, 9.17) is 5.73 Å². The van der Waals surface area contributed by atoms with E-state index in [9.17, 15) is 18.0 Å². The first-order valence-electron chi connectivity index (χ1n) is 8.16. The molecule has 1 aliphatic rings. The topological polar surface area (TPSA) is 76.2 Å². The fourth-order valence-electron chi connectivity index (χ4n) is 2.94. The van der Waals surface area contributed by atoms with Gasteiger partial charge in [0.1, 0.15) is 6.54 Å². The number of likely N-dealkylation sites (tertiary alicyclic amines) is 1. The van der Waals surface area contributed by atoms with E-state index in [1.165, 1.54) is 12.4 Å². The summed E-state index contributed by atoms with van der Waals surface area (Å²) in [4.78, 5) is 13.8. The fraction of sp³-hybridized carbons (Fsp3) is 0.733. The predicted octanol–water partition coefficient (Wildman–Crippen LogP) is 1.26. The molecule has 1 atom stereocenters. The summed E-state index contributed by atoms with van der Waals surface area (Å²) < 4.78 is 38.1. The van der Waals surface area contributed by atoms with Gasteiger partial charge >= 0.3 is 6.18 Å². The van der Waals surface area contributed by atoms with Crippen LogP contribution in [0.4, 0.5) is 13.2 Å². The van der Waals surface area contributed by atoms with Gasteiger partial charge in [0, 0.05) is 43.9 Å². The van der Waals surface area contributed by atoms with Gasteiger partial charge in [-0.05, 0) is 19.4 Å². The lowest BCUT2D eigenvalue weighted by atomic mass is 10.0. The van der Waals surface area contributed by atoms with Crippen LogP contribution in [0.2, 0.25) is 0 Å². The summed E-state index contributed by atoms with van der Waals surface area (Å²) in [7, 11) is 0. The van der Waals surface area contributed by atoms with E-state index < -0.39 is 12.7 Å². The van der Waals surface area contributed by atoms with Gasteiger partial charge in [-0.1, -0.05) is 6.42 Å². The molecule has 1 unspecified atom stereocenters. The Kier molecular flexibility index (Phi) is 6.61. The molecule has 1 aromatic heterocycles. The zero-order valence-corrected chi connectivity index (χ0v) is 13.6. The van der Waals surface area contributed by atoms with E-state index in [0.29, 0.717) is 26.1 Å². The standard InChI is InChI=1S/C15H24F3N5O/c16-15(17,18)11-23-10-12(7-21-23)9-22-6-2-1-3-13(22)8-20-14(24)4-5-19/h7,10,13H,1-6,8-9,11,19H2,(H,20,24). The molecular weight excluding hydrogens is 323 g/mol. The van der Waals surface area contributed by atoms with Crippen molar-refractivity contribution < 1.29 is 18.0 Å². The van der Waals surface area contributed by atoms with E-state index in [-0.39, 0.29) is 11.9 Å². The first-order valence-corrected chi connectivity index (χ1v) is 8.16. The van der Waals surface area contributed by atoms with Gasteiger partial charge in [-0.25, -0.2) is 0 Å². The normalized spacial score (nSPS) is 19.4. The number of carbonyl (C=O) groups excluding carboxylic acids is 1. The molecule has 1 saturated heterocycles. The number of alkyl halides is 3. The minimum atomic E-state index is -4.27. The van der Waals surface area contributed by atoms with Crippen LogP contribution in [0.3, 0.4) is 0 Å². The highest BCUT2D eigenvalue weighted by atomic mass is 19.4. The SMILES string of the molecule is NCCC(=O)NCC1CCCCN1Cc1cnn(CC(F)(F)F)c1. The number of rotatable bonds is 7. The van der Waals surface area contributed by atoms with Crippen molar-refractivity contribution in [1.29, 1.82) is 0 Å². The number of nitrogens with one attached hydrogen (secondary N) is 1. The largest absolute Gasteiger partial charge is 0.408 e. The van der Waals surface area contributed by atoms with E-state index in [0.717, 1.165) is 36.1 Å². The molecule has 1 aliphatic heterocycles. The molecule has 1 aromatic rings. The third kappa shape index (κ3) is 6.12. The van der Waals surface area contributed by atoms with Gasteiger partial charge in [0.05, 0.1) is 6.20 Å². The number of amides is 1. The number of nitrogens with zero attached hydrogens (tertiary/aromatic N) is 3. The van der Waals surface area contributed by atoms with Crippen molar-refractivity contribution in [1.82, 2.24) is 20.0 Å². The van der Waals surface area contributed by atoms with Crippen molar-refractivity contribution in [2.24, 2.45) is 5.73 Å². The quantitative estimate of drug-likeness (QED) is 0.779. The Morgan fingerprint density at radius 2 is 2.21 bits per heavy atom. The van der Waals surface area contributed by atoms with Crippen molar-refractivity contribution in [3.63, 3.8) is 0 Å². The van der Waals surface area contributed by atoms with Crippen LogP contribution < -0.4 is 11.1 Å². The number of halogens is 3. The number of piperidine rings is 1. The number of hydrogen-bond donors (Lipinski definition) is 2. The summed E-state index contributed by atoms with van der Waals surface area (Å²) in [6.07, 6.45) is 2.03. The summed E-state index contributed by atoms with van der Waals surface area (Å²) in [6.45, 7) is 1.18. The van der Waals surface area contributed by atoms with Crippen LogP contribution in [-0.2, 0) is 17.9 Å². The second kappa shape index (κ2) is 8.48. The Balaban J connectivity index is 1.89. The molecule has 0 aromatic carbocycles. The van der Waals surface area contributed by atoms with Crippen molar-refractivity contribution in [3.8, 4) is 0 Å². The summed E-state index contributed by atoms with van der Waals surface area (Å²) in [5.41, 5.74) is 6.10. The van der Waals surface area contributed by atoms with Crippen LogP contribution in [0.15, 0.2) is 12.4 Å². The average molecular weight is 347 g/mol. The number of nitrogens with two attached hydrogens (primary N) is 1. The molecule has 24 heavy (non-hydrogen) atoms. The lowest BCUT2D eigenvalue weighted by Crippen LogP contribution is -2.46. The first-order chi connectivity index (χ1) is 11.4. The fourth-order valence-corrected chi connectivity index (χ4v) is 2.94. The van der Waals surface area contributed by atoms with E-state index in [1.54, 1.807) is 0 Å². The van der Waals surface area contributed by atoms with E-state index >= 15 is 0 Å². The third-order valence-corrected chi connectivity index (χ3v) is 4.07. The number of carbonyl (C=O) groups is 1. The predicted molar refractivity (Wildman–Crippen MR) is 83.0 cm³/mol. The van der Waals surface area contributed by atoms with Crippen LogP contribution in [0.1, 0.15) is 31.2 Å². The maximum Gasteiger partial charge on any atom is 0.408 e. The Morgan fingerprint density at radius 3 is 2.92 bits per heavy atom. The maximum absolute atomic E-state index is 12.4. The Bertz CT molecular complexity index is 531. The van der Waals surface area contributed by atoms with E-state index in [1.807, 2.05) is 0 Å². The highest BCUT2D eigenvalue weighted by molar-refractivity contribution is 5.76. The second-order valence-electron chi connectivity index (χ2n) is 6.12. The van der Waals surface area contributed by atoms with Crippen molar-refractivity contribution in [3.05, 3.63) is 18.0 Å². The van der Waals surface area contributed by atoms with Gasteiger partial charge in [-0.2, -0.15) is 18.3 Å². The van der Waals surface area contributed by atoms with Crippen LogP contribution >= 0.6 is 0 Å². The minimum Gasteiger partial charge on any atom is -0.354 e. The Labute approximate surface area is 139 Å². The number of hydrogen-bond acceptors (Lipinski definition) is 4. The van der Waals surface area contributed by atoms with Crippen molar-refractivity contribution in [2.45, 2.75) is 51.0 Å². The molecule has 9 heteroatoms. The molecule has 3 N–H and O–H groups in total. The summed E-state index contributed by atoms with van der Waals surface area (Å²) in [5, 5.41) is 6.65. The lowest BCUT2D eigenvalue weighted by molar-refractivity contribution is -0.142. The highest BCUT2D eigenvalue weighted by Crippen LogP contribution is 2.20. The van der Waals surface area contributed by atoms with Gasteiger partial charge in [0.2, 0.25) is 5.91 Å². The monoisotopic (exact) mass is 347 g/mol. The average Bonchev–Trinajstić information content (AvgIpc) is 2.91. The van der Waals surface area contributed by atoms with Gasteiger partial charge in [-0.3, -0.25) is 14.4 Å². The maximum atomic E-state index is 12.4. The van der Waals surface area contributed by atoms with Crippen LogP contribution in [0.25, 0.3) is 0 Å². The zero-order valence-electron chi connectivity index (χ0n) is 13.6. The lowest BCUT2D eigenvalue weighted by Gasteiger charge is -2.35. The molecule has 6 nitrogen and oxygen atoms in total. The Hall–Kier alpha value is -1.61. The minimum absolute atomic E-state index is 0.0685. The van der Waals surface area contributed by atoms with Gasteiger partial charge in [0.25, 0.3) is 0 Å². The van der Waals surface area contributed by atoms with Crippen LogP contribution in [0, 0.1) is 0 Å². The molecule has 0 aliphatic carbocycles. The number of aromatic nitrogens is 2. The van der Waals surface area contributed by atoms with Gasteiger partial charge in [0.15, 0.2) is 0 Å². The Morgan fingerprint density at radius 1 is 1.42 bits per heavy atom. The molecule has 2 rings (SSSR count). The van der Waals surface area contributed by atoms with Crippen molar-refractivity contribution >= 4 is 5.91 Å². The molecule has 136 valence electrons. The zero-order chi connectivity index (χ0) is 17.6. The molecule has 0 radical (unpaired) electrons. The third-order valence-electron chi connectivity index (χ3n) is 4.07.